The fourth-order valence-corrected chi connectivity index (χ4v) is 0.755. The van der Waals surface area contributed by atoms with Gasteiger partial charge in [0.05, 0.1) is 0 Å². The van der Waals surface area contributed by atoms with E-state index < -0.39 is 0 Å². The van der Waals surface area contributed by atoms with Gasteiger partial charge in [0.15, 0.2) is 0 Å². The van der Waals surface area contributed by atoms with Gasteiger partial charge in [-0.05, 0) is 18.9 Å². The molecule has 1 aromatic heterocycles. The van der Waals surface area contributed by atoms with E-state index in [4.69, 9.17) is 5.73 Å². The van der Waals surface area contributed by atoms with Crippen LogP contribution in [0.2, 0.25) is 0 Å². The molecule has 0 amide bonds. The van der Waals surface area contributed by atoms with Crippen LogP contribution in [0.5, 0.6) is 0 Å². The van der Waals surface area contributed by atoms with Crippen molar-refractivity contribution in [2.45, 2.75) is 12.8 Å². The van der Waals surface area contributed by atoms with Crippen LogP contribution in [0.15, 0.2) is 30.9 Å². The summed E-state index contributed by atoms with van der Waals surface area (Å²) in [6.45, 7) is 3.60. The van der Waals surface area contributed by atoms with Crippen LogP contribution in [0.1, 0.15) is 12.1 Å². The Morgan fingerprint density at radius 1 is 1.64 bits per heavy atom. The molecule has 3 heteroatoms. The van der Waals surface area contributed by atoms with Crippen LogP contribution < -0.4 is 5.73 Å². The summed E-state index contributed by atoms with van der Waals surface area (Å²) in [5.74, 6) is 0. The van der Waals surface area contributed by atoms with Gasteiger partial charge in [-0.3, -0.25) is 0 Å². The number of aromatic nitrogens is 2. The van der Waals surface area contributed by atoms with Crippen molar-refractivity contribution >= 4 is 0 Å². The van der Waals surface area contributed by atoms with Gasteiger partial charge in [0.2, 0.25) is 0 Å². The fraction of sp³-hybridized carbons (Fsp3) is 0.250. The minimum absolute atomic E-state index is 0.698. The van der Waals surface area contributed by atoms with E-state index in [0.29, 0.717) is 5.70 Å². The van der Waals surface area contributed by atoms with Gasteiger partial charge in [-0.25, -0.2) is 9.97 Å². The lowest BCUT2D eigenvalue weighted by Crippen LogP contribution is -1.98. The van der Waals surface area contributed by atoms with Gasteiger partial charge in [0, 0.05) is 17.6 Å². The third kappa shape index (κ3) is 2.80. The average Bonchev–Trinajstić information content (AvgIpc) is 2.03. The molecular formula is C8H11N3. The van der Waals surface area contributed by atoms with Crippen LogP contribution in [0.4, 0.5) is 0 Å². The molecule has 3 nitrogen and oxygen atoms in total. The summed E-state index contributed by atoms with van der Waals surface area (Å²) in [7, 11) is 0. The molecule has 0 unspecified atom stereocenters. The van der Waals surface area contributed by atoms with E-state index in [1.807, 2.05) is 6.07 Å². The molecule has 11 heavy (non-hydrogen) atoms. The molecule has 0 aliphatic carbocycles. The number of rotatable bonds is 3. The van der Waals surface area contributed by atoms with E-state index in [1.54, 1.807) is 6.20 Å². The van der Waals surface area contributed by atoms with E-state index >= 15 is 0 Å². The Bertz CT molecular complexity index is 230. The van der Waals surface area contributed by atoms with Crippen molar-refractivity contribution in [3.8, 4) is 0 Å². The molecule has 2 N–H and O–H groups in total. The van der Waals surface area contributed by atoms with Gasteiger partial charge in [0.25, 0.3) is 0 Å². The highest BCUT2D eigenvalue weighted by atomic mass is 14.8. The number of allylic oxidation sites excluding steroid dienone is 1. The molecule has 0 radical (unpaired) electrons. The molecule has 1 heterocycles. The second kappa shape index (κ2) is 3.71. The van der Waals surface area contributed by atoms with Crippen LogP contribution >= 0.6 is 0 Å². The number of nitrogens with zero attached hydrogens (tertiary/aromatic N) is 2. The van der Waals surface area contributed by atoms with Crippen LogP contribution in [0.25, 0.3) is 0 Å². The van der Waals surface area contributed by atoms with Crippen molar-refractivity contribution in [2.75, 3.05) is 0 Å². The van der Waals surface area contributed by atoms with Gasteiger partial charge in [-0.1, -0.05) is 6.58 Å². The maximum Gasteiger partial charge on any atom is 0.115 e. The summed E-state index contributed by atoms with van der Waals surface area (Å²) in [6.07, 6.45) is 4.89. The third-order valence-electron chi connectivity index (χ3n) is 1.35. The Hall–Kier alpha value is -1.38. The Balaban J connectivity index is 2.45. The highest BCUT2D eigenvalue weighted by Crippen LogP contribution is 1.99. The molecule has 0 bridgehead atoms. The quantitative estimate of drug-likeness (QED) is 0.694. The molecule has 1 rings (SSSR count). The second-order valence-electron chi connectivity index (χ2n) is 2.36. The molecule has 1 aromatic rings. The van der Waals surface area contributed by atoms with Crippen molar-refractivity contribution in [2.24, 2.45) is 5.73 Å². The van der Waals surface area contributed by atoms with Crippen molar-refractivity contribution < 1.29 is 0 Å². The van der Waals surface area contributed by atoms with Gasteiger partial charge in [0.1, 0.15) is 6.33 Å². The Kier molecular flexibility index (Phi) is 2.60. The minimum Gasteiger partial charge on any atom is -0.403 e. The molecule has 0 aliphatic rings. The Labute approximate surface area is 66.0 Å². The van der Waals surface area contributed by atoms with Gasteiger partial charge in [-0.2, -0.15) is 0 Å². The highest BCUT2D eigenvalue weighted by molar-refractivity contribution is 5.01. The van der Waals surface area contributed by atoms with Gasteiger partial charge in [-0.15, -0.1) is 0 Å². The molecule has 0 aliphatic heterocycles. The molecule has 0 saturated carbocycles. The lowest BCUT2D eigenvalue weighted by atomic mass is 10.2. The summed E-state index contributed by atoms with van der Waals surface area (Å²) in [5.41, 5.74) is 7.11. The maximum atomic E-state index is 5.40. The number of hydrogen-bond acceptors (Lipinski definition) is 3. The zero-order valence-corrected chi connectivity index (χ0v) is 6.33. The maximum absolute atomic E-state index is 5.40. The van der Waals surface area contributed by atoms with Crippen molar-refractivity contribution in [3.63, 3.8) is 0 Å². The zero-order valence-electron chi connectivity index (χ0n) is 6.33. The number of nitrogens with two attached hydrogens (primary N) is 1. The lowest BCUT2D eigenvalue weighted by molar-refractivity contribution is 0.882. The second-order valence-corrected chi connectivity index (χ2v) is 2.36. The number of hydrogen-bond donors (Lipinski definition) is 1. The monoisotopic (exact) mass is 149 g/mol. The van der Waals surface area contributed by atoms with Crippen molar-refractivity contribution in [1.82, 2.24) is 9.97 Å². The molecule has 0 saturated heterocycles. The van der Waals surface area contributed by atoms with Gasteiger partial charge >= 0.3 is 0 Å². The van der Waals surface area contributed by atoms with Crippen molar-refractivity contribution in [1.29, 1.82) is 0 Å². The van der Waals surface area contributed by atoms with Crippen LogP contribution in [0, 0.1) is 0 Å². The average molecular weight is 149 g/mol. The van der Waals surface area contributed by atoms with Crippen molar-refractivity contribution in [3.05, 3.63) is 36.6 Å². The zero-order chi connectivity index (χ0) is 8.10. The first-order valence-electron chi connectivity index (χ1n) is 3.47. The Morgan fingerprint density at radius 3 is 3.00 bits per heavy atom. The predicted octanol–water partition coefficient (Wildman–Crippen LogP) is 0.882. The fourth-order valence-electron chi connectivity index (χ4n) is 0.755. The predicted molar refractivity (Wildman–Crippen MR) is 43.7 cm³/mol. The molecule has 0 fully saturated rings. The van der Waals surface area contributed by atoms with E-state index in [0.717, 1.165) is 18.5 Å². The van der Waals surface area contributed by atoms with Crippen LogP contribution in [0.3, 0.4) is 0 Å². The summed E-state index contributed by atoms with van der Waals surface area (Å²) >= 11 is 0. The minimum atomic E-state index is 0.698. The number of aryl methyl sites for hydroxylation is 1. The molecule has 58 valence electrons. The lowest BCUT2D eigenvalue weighted by Gasteiger charge is -1.97. The summed E-state index contributed by atoms with van der Waals surface area (Å²) in [5, 5.41) is 0. The third-order valence-corrected chi connectivity index (χ3v) is 1.35. The van der Waals surface area contributed by atoms with Crippen LogP contribution in [-0.2, 0) is 6.42 Å². The van der Waals surface area contributed by atoms with E-state index in [-0.39, 0.29) is 0 Å². The molecule has 0 atom stereocenters. The Morgan fingerprint density at radius 2 is 2.45 bits per heavy atom. The SMILES string of the molecule is C=C(N)CCc1ccncn1. The first kappa shape index (κ1) is 7.72. The van der Waals surface area contributed by atoms with E-state index in [9.17, 15) is 0 Å². The molecular weight excluding hydrogens is 138 g/mol. The first-order valence-corrected chi connectivity index (χ1v) is 3.47. The normalized spacial score (nSPS) is 9.45. The summed E-state index contributed by atoms with van der Waals surface area (Å²) < 4.78 is 0. The topological polar surface area (TPSA) is 51.8 Å². The largest absolute Gasteiger partial charge is 0.403 e. The smallest absolute Gasteiger partial charge is 0.115 e. The van der Waals surface area contributed by atoms with E-state index in [1.165, 1.54) is 6.33 Å². The highest BCUT2D eigenvalue weighted by Gasteiger charge is 1.92. The molecule has 0 aromatic carbocycles. The van der Waals surface area contributed by atoms with Gasteiger partial charge < -0.3 is 5.73 Å². The first-order chi connectivity index (χ1) is 5.29. The van der Waals surface area contributed by atoms with E-state index in [2.05, 4.69) is 16.5 Å². The van der Waals surface area contributed by atoms with Crippen LogP contribution in [-0.4, -0.2) is 9.97 Å². The standard InChI is InChI=1S/C8H11N3/c1-7(9)2-3-8-4-5-10-6-11-8/h4-6H,1-3,9H2. The summed E-state index contributed by atoms with van der Waals surface area (Å²) in [4.78, 5) is 7.85. The summed E-state index contributed by atoms with van der Waals surface area (Å²) in [6, 6.07) is 1.88. The molecule has 0 spiro atoms.